The molecule has 3 N–H and O–H groups in total. The Labute approximate surface area is 261 Å². The molecule has 4 aromatic rings. The number of urea groups is 1. The molecule has 3 fully saturated rings. The lowest BCUT2D eigenvalue weighted by Crippen LogP contribution is -2.43. The summed E-state index contributed by atoms with van der Waals surface area (Å²) in [7, 11) is 0. The first kappa shape index (κ1) is 30.0. The minimum atomic E-state index is -0.964. The van der Waals surface area contributed by atoms with Crippen molar-refractivity contribution in [2.75, 3.05) is 44.6 Å². The van der Waals surface area contributed by atoms with Gasteiger partial charge in [0.1, 0.15) is 47.9 Å². The van der Waals surface area contributed by atoms with Crippen LogP contribution in [-0.2, 0) is 11.2 Å². The van der Waals surface area contributed by atoms with E-state index in [0.29, 0.717) is 35.7 Å². The Morgan fingerprint density at radius 3 is 2.85 bits per heavy atom. The fourth-order valence-corrected chi connectivity index (χ4v) is 7.08. The van der Waals surface area contributed by atoms with Gasteiger partial charge < -0.3 is 20.1 Å². The van der Waals surface area contributed by atoms with Gasteiger partial charge in [0, 0.05) is 37.8 Å². The van der Waals surface area contributed by atoms with Gasteiger partial charge in [-0.3, -0.25) is 20.0 Å². The van der Waals surface area contributed by atoms with Gasteiger partial charge in [0.15, 0.2) is 5.82 Å². The molecule has 0 spiro atoms. The maximum Gasteiger partial charge on any atom is 0.324 e. The summed E-state index contributed by atoms with van der Waals surface area (Å²) in [4.78, 5) is 40.3. The number of rotatable bonds is 9. The highest BCUT2D eigenvalue weighted by atomic mass is 19.1. The number of aromatic hydroxyl groups is 1. The van der Waals surface area contributed by atoms with Crippen LogP contribution in [0.25, 0.3) is 32.9 Å². The first-order valence-corrected chi connectivity index (χ1v) is 15.3. The zero-order chi connectivity index (χ0) is 32.2. The number of amides is 3. The second-order valence-corrected chi connectivity index (χ2v) is 12.1. The molecule has 11 nitrogen and oxygen atoms in total. The Morgan fingerprint density at radius 2 is 2.07 bits per heavy atom. The number of phenols is 1. The van der Waals surface area contributed by atoms with Crippen LogP contribution in [0.3, 0.4) is 0 Å². The average molecular weight is 636 g/mol. The molecule has 0 radical (unpaired) electrons. The van der Waals surface area contributed by atoms with Gasteiger partial charge >= 0.3 is 12.0 Å². The molecule has 3 amide bonds. The number of aryl methyl sites for hydroxylation is 1. The number of benzene rings is 2. The molecule has 0 bridgehead atoms. The number of anilines is 1. The summed E-state index contributed by atoms with van der Waals surface area (Å²) < 4.78 is 52.0. The molecule has 0 saturated carbocycles. The van der Waals surface area contributed by atoms with Crippen molar-refractivity contribution in [2.45, 2.75) is 44.3 Å². The van der Waals surface area contributed by atoms with Crippen LogP contribution in [0.5, 0.6) is 11.8 Å². The molecule has 7 rings (SSSR count). The summed E-state index contributed by atoms with van der Waals surface area (Å²) in [5.74, 6) is -1.65. The van der Waals surface area contributed by atoms with Crippen molar-refractivity contribution in [3.63, 3.8) is 0 Å². The standard InChI is InChI=1S/C32H32F3N7O4/c1-2-20-23(34)5-4-17-10-19(43)11-21(25(17)20)27-26(35)28-22(13-37-27)29(36-7-9-41-15-24(44)38-31(41)45)40-30(39-28)46-16-32-6-3-8-42(32)14-18(33)12-32/h4-5,10-11,13,18,43H,2-3,6-9,12,14-16H2,1H3,(H,36,39,40)(H,38,44,45)/t18-,32?/m1/s1. The normalized spacial score (nSPS) is 21.4. The minimum Gasteiger partial charge on any atom is -0.508 e. The summed E-state index contributed by atoms with van der Waals surface area (Å²) in [5, 5.41) is 17.0. The smallest absolute Gasteiger partial charge is 0.324 e. The van der Waals surface area contributed by atoms with Gasteiger partial charge in [-0.05, 0) is 60.3 Å². The Morgan fingerprint density at radius 1 is 1.22 bits per heavy atom. The number of halogens is 3. The molecule has 2 aromatic carbocycles. The Bertz CT molecular complexity index is 1890. The van der Waals surface area contributed by atoms with Crippen molar-refractivity contribution in [1.29, 1.82) is 0 Å². The fraction of sp³-hybridized carbons (Fsp3) is 0.406. The first-order chi connectivity index (χ1) is 22.2. The van der Waals surface area contributed by atoms with Crippen molar-refractivity contribution in [2.24, 2.45) is 0 Å². The van der Waals surface area contributed by atoms with Gasteiger partial charge in [0.2, 0.25) is 5.91 Å². The minimum absolute atomic E-state index is 0.0781. The lowest BCUT2D eigenvalue weighted by atomic mass is 9.94. The van der Waals surface area contributed by atoms with Crippen LogP contribution < -0.4 is 15.4 Å². The van der Waals surface area contributed by atoms with Crippen LogP contribution in [0.15, 0.2) is 30.5 Å². The molecule has 2 atom stereocenters. The number of ether oxygens (including phenoxy) is 1. The van der Waals surface area contributed by atoms with Crippen molar-refractivity contribution in [3.05, 3.63) is 47.7 Å². The molecule has 46 heavy (non-hydrogen) atoms. The fourth-order valence-electron chi connectivity index (χ4n) is 7.08. The predicted molar refractivity (Wildman–Crippen MR) is 163 cm³/mol. The number of nitrogens with one attached hydrogen (secondary N) is 2. The first-order valence-electron chi connectivity index (χ1n) is 15.3. The highest BCUT2D eigenvalue weighted by Crippen LogP contribution is 2.41. The van der Waals surface area contributed by atoms with E-state index in [4.69, 9.17) is 4.74 Å². The summed E-state index contributed by atoms with van der Waals surface area (Å²) >= 11 is 0. The van der Waals surface area contributed by atoms with E-state index in [1.54, 1.807) is 6.92 Å². The highest BCUT2D eigenvalue weighted by molar-refractivity contribution is 6.02. The van der Waals surface area contributed by atoms with Crippen LogP contribution in [0.4, 0.5) is 23.8 Å². The molecule has 3 saturated heterocycles. The third-order valence-electron chi connectivity index (χ3n) is 9.20. The van der Waals surface area contributed by atoms with Crippen molar-refractivity contribution in [3.8, 4) is 23.0 Å². The summed E-state index contributed by atoms with van der Waals surface area (Å²) in [5.41, 5.74) is -0.215. The number of carbonyl (C=O) groups is 2. The van der Waals surface area contributed by atoms with E-state index in [0.717, 1.165) is 19.4 Å². The molecule has 240 valence electrons. The van der Waals surface area contributed by atoms with Crippen LogP contribution in [0.2, 0.25) is 0 Å². The quantitative estimate of drug-likeness (QED) is 0.230. The molecular formula is C32H32F3N7O4. The number of carbonyl (C=O) groups excluding carboxylic acids is 2. The van der Waals surface area contributed by atoms with Crippen LogP contribution in [0.1, 0.15) is 31.7 Å². The van der Waals surface area contributed by atoms with E-state index in [2.05, 4.69) is 30.5 Å². The number of pyridine rings is 1. The van der Waals surface area contributed by atoms with Crippen molar-refractivity contribution in [1.82, 2.24) is 30.1 Å². The predicted octanol–water partition coefficient (Wildman–Crippen LogP) is 4.31. The highest BCUT2D eigenvalue weighted by Gasteiger charge is 2.49. The number of phenolic OH excluding ortho intramolecular Hbond substituents is 1. The zero-order valence-electron chi connectivity index (χ0n) is 25.1. The summed E-state index contributed by atoms with van der Waals surface area (Å²) in [6.45, 7) is 3.25. The van der Waals surface area contributed by atoms with Crippen LogP contribution in [0, 0.1) is 11.6 Å². The Kier molecular flexibility index (Phi) is 7.54. The lowest BCUT2D eigenvalue weighted by molar-refractivity contribution is -0.118. The molecule has 5 heterocycles. The molecule has 14 heteroatoms. The average Bonchev–Trinajstić information content (AvgIpc) is 3.66. The number of hydrogen-bond acceptors (Lipinski definition) is 9. The van der Waals surface area contributed by atoms with Gasteiger partial charge in [-0.1, -0.05) is 13.0 Å². The monoisotopic (exact) mass is 635 g/mol. The molecule has 1 unspecified atom stereocenters. The Hall–Kier alpha value is -4.72. The SMILES string of the molecule is CCc1c(F)ccc2cc(O)cc(-c3ncc4c(NCCN5CC(=O)NC5=O)nc(OCC56CCCN5C[C@H](F)C6)nc4c3F)c12. The Balaban J connectivity index is 1.30. The number of aromatic nitrogens is 3. The summed E-state index contributed by atoms with van der Waals surface area (Å²) in [6.07, 6.45) is 2.74. The van der Waals surface area contributed by atoms with Gasteiger partial charge in [0.25, 0.3) is 0 Å². The number of imide groups is 1. The maximum atomic E-state index is 16.6. The van der Waals surface area contributed by atoms with Gasteiger partial charge in [0.05, 0.1) is 10.9 Å². The largest absolute Gasteiger partial charge is 0.508 e. The second kappa shape index (κ2) is 11.6. The summed E-state index contributed by atoms with van der Waals surface area (Å²) in [6, 6.07) is 5.02. The van der Waals surface area contributed by atoms with Crippen LogP contribution >= 0.6 is 0 Å². The molecular weight excluding hydrogens is 603 g/mol. The number of hydrogen-bond donors (Lipinski definition) is 3. The zero-order valence-corrected chi connectivity index (χ0v) is 25.1. The lowest BCUT2D eigenvalue weighted by Gasteiger charge is -2.30. The third kappa shape index (κ3) is 5.19. The van der Waals surface area contributed by atoms with Crippen molar-refractivity contribution >= 4 is 39.4 Å². The van der Waals surface area contributed by atoms with Gasteiger partial charge in [-0.25, -0.2) is 18.0 Å². The van der Waals surface area contributed by atoms with Gasteiger partial charge in [-0.15, -0.1) is 0 Å². The van der Waals surface area contributed by atoms with E-state index in [1.165, 1.54) is 35.4 Å². The van der Waals surface area contributed by atoms with Gasteiger partial charge in [-0.2, -0.15) is 9.97 Å². The number of fused-ring (bicyclic) bond motifs is 3. The van der Waals surface area contributed by atoms with E-state index in [1.807, 2.05) is 0 Å². The molecule has 0 aliphatic carbocycles. The van der Waals surface area contributed by atoms with E-state index < -0.39 is 35.3 Å². The van der Waals surface area contributed by atoms with E-state index in [9.17, 15) is 23.5 Å². The number of nitrogens with zero attached hydrogens (tertiary/aromatic N) is 5. The van der Waals surface area contributed by atoms with E-state index in [-0.39, 0.29) is 66.0 Å². The maximum absolute atomic E-state index is 16.6. The van der Waals surface area contributed by atoms with E-state index >= 15 is 4.39 Å². The number of alkyl halides is 1. The van der Waals surface area contributed by atoms with Crippen molar-refractivity contribution < 1.29 is 32.6 Å². The third-order valence-corrected chi connectivity index (χ3v) is 9.20. The molecule has 3 aliphatic rings. The van der Waals surface area contributed by atoms with Crippen LogP contribution in [-0.4, -0.2) is 92.8 Å². The topological polar surface area (TPSA) is 133 Å². The molecule has 2 aromatic heterocycles. The second-order valence-electron chi connectivity index (χ2n) is 12.1. The molecule has 3 aliphatic heterocycles.